The summed E-state index contributed by atoms with van der Waals surface area (Å²) >= 11 is 0. The topological polar surface area (TPSA) is 67.2 Å². The number of rotatable bonds is 3. The van der Waals surface area contributed by atoms with Crippen LogP contribution in [-0.2, 0) is 0 Å². The van der Waals surface area contributed by atoms with Crippen molar-refractivity contribution in [2.45, 2.75) is 51.0 Å². The van der Waals surface area contributed by atoms with E-state index < -0.39 is 0 Å². The molecular formula is C25H29N3O. The Morgan fingerprint density at radius 1 is 0.966 bits per heavy atom. The normalized spacial score (nSPS) is 21.8. The van der Waals surface area contributed by atoms with E-state index in [0.29, 0.717) is 5.69 Å². The monoisotopic (exact) mass is 387 g/mol. The van der Waals surface area contributed by atoms with E-state index in [0.717, 1.165) is 35.7 Å². The summed E-state index contributed by atoms with van der Waals surface area (Å²) in [5, 5.41) is 6.88. The molecular weight excluding hydrogens is 358 g/mol. The number of nitrogen functional groups attached to an aromatic ring is 1. The zero-order chi connectivity index (χ0) is 19.8. The zero-order valence-electron chi connectivity index (χ0n) is 16.8. The number of nitrogens with one attached hydrogen (secondary N) is 2. The molecule has 4 heteroatoms. The number of benzene rings is 2. The zero-order valence-corrected chi connectivity index (χ0v) is 16.8. The van der Waals surface area contributed by atoms with Gasteiger partial charge in [-0.25, -0.2) is 0 Å². The van der Waals surface area contributed by atoms with Crippen molar-refractivity contribution in [2.24, 2.45) is 5.92 Å². The van der Waals surface area contributed by atoms with Gasteiger partial charge in [0.2, 0.25) is 0 Å². The second-order valence-corrected chi connectivity index (χ2v) is 8.73. The molecule has 5 rings (SSSR count). The predicted octanol–water partition coefficient (Wildman–Crippen LogP) is 5.29. The Bertz CT molecular complexity index is 970. The quantitative estimate of drug-likeness (QED) is 0.495. The van der Waals surface area contributed by atoms with Crippen molar-refractivity contribution in [3.8, 4) is 0 Å². The van der Waals surface area contributed by atoms with Gasteiger partial charge < -0.3 is 16.4 Å². The highest BCUT2D eigenvalue weighted by Gasteiger charge is 2.35. The van der Waals surface area contributed by atoms with Gasteiger partial charge in [0.25, 0.3) is 5.91 Å². The van der Waals surface area contributed by atoms with Gasteiger partial charge in [-0.3, -0.25) is 4.79 Å². The molecule has 0 aromatic heterocycles. The third kappa shape index (κ3) is 3.41. The van der Waals surface area contributed by atoms with Gasteiger partial charge in [0, 0.05) is 29.0 Å². The van der Waals surface area contributed by atoms with Gasteiger partial charge in [0.1, 0.15) is 0 Å². The van der Waals surface area contributed by atoms with Gasteiger partial charge in [0.15, 0.2) is 0 Å². The van der Waals surface area contributed by atoms with E-state index in [-0.39, 0.29) is 11.9 Å². The molecule has 0 bridgehead atoms. The molecule has 2 aliphatic heterocycles. The predicted molar refractivity (Wildman–Crippen MR) is 119 cm³/mol. The van der Waals surface area contributed by atoms with Crippen LogP contribution in [0.4, 0.5) is 11.4 Å². The summed E-state index contributed by atoms with van der Waals surface area (Å²) in [5.74, 6) is 0.745. The molecule has 1 saturated carbocycles. The maximum atomic E-state index is 12.7. The fourth-order valence-electron chi connectivity index (χ4n) is 5.36. The van der Waals surface area contributed by atoms with E-state index in [1.54, 1.807) is 0 Å². The molecule has 1 aliphatic carbocycles. The van der Waals surface area contributed by atoms with Crippen molar-refractivity contribution < 1.29 is 4.79 Å². The molecule has 150 valence electrons. The van der Waals surface area contributed by atoms with E-state index in [1.807, 2.05) is 18.2 Å². The first kappa shape index (κ1) is 18.3. The molecule has 0 radical (unpaired) electrons. The molecule has 2 aromatic rings. The molecule has 4 N–H and O–H groups in total. The molecule has 0 spiro atoms. The summed E-state index contributed by atoms with van der Waals surface area (Å²) in [5.41, 5.74) is 13.7. The van der Waals surface area contributed by atoms with Gasteiger partial charge in [-0.1, -0.05) is 56.7 Å². The van der Waals surface area contributed by atoms with Gasteiger partial charge in [0.05, 0.1) is 6.04 Å². The molecule has 1 amide bonds. The van der Waals surface area contributed by atoms with Crippen LogP contribution >= 0.6 is 0 Å². The summed E-state index contributed by atoms with van der Waals surface area (Å²) in [7, 11) is 0. The Balaban J connectivity index is 1.60. The molecule has 3 aliphatic rings. The summed E-state index contributed by atoms with van der Waals surface area (Å²) in [6.07, 6.45) is 9.18. The van der Waals surface area contributed by atoms with E-state index >= 15 is 0 Å². The average Bonchev–Trinajstić information content (AvgIpc) is 2.89. The van der Waals surface area contributed by atoms with Crippen LogP contribution < -0.4 is 16.4 Å². The fraction of sp³-hybridized carbons (Fsp3) is 0.400. The fourth-order valence-corrected chi connectivity index (χ4v) is 5.36. The van der Waals surface area contributed by atoms with Gasteiger partial charge in [-0.2, -0.15) is 0 Å². The van der Waals surface area contributed by atoms with E-state index in [9.17, 15) is 4.79 Å². The molecule has 1 atom stereocenters. The maximum Gasteiger partial charge on any atom is 0.252 e. The van der Waals surface area contributed by atoms with Crippen molar-refractivity contribution in [3.63, 3.8) is 0 Å². The number of hydrogen-bond acceptors (Lipinski definition) is 3. The Kier molecular flexibility index (Phi) is 4.78. The minimum atomic E-state index is -0.120. The largest absolute Gasteiger partial charge is 0.399 e. The van der Waals surface area contributed by atoms with Crippen molar-refractivity contribution in [3.05, 3.63) is 64.7 Å². The number of para-hydroxylation sites is 1. The third-order valence-electron chi connectivity index (χ3n) is 6.80. The minimum Gasteiger partial charge on any atom is -0.399 e. The van der Waals surface area contributed by atoms with E-state index in [1.165, 1.54) is 55.2 Å². The van der Waals surface area contributed by atoms with Crippen LogP contribution in [-0.4, -0.2) is 12.5 Å². The summed E-state index contributed by atoms with van der Waals surface area (Å²) in [4.78, 5) is 12.7. The summed E-state index contributed by atoms with van der Waals surface area (Å²) < 4.78 is 0. The summed E-state index contributed by atoms with van der Waals surface area (Å²) in [6.45, 7) is 0.854. The maximum absolute atomic E-state index is 12.7. The first-order chi connectivity index (χ1) is 14.2. The first-order valence-electron chi connectivity index (χ1n) is 11.0. The first-order valence-corrected chi connectivity index (χ1v) is 11.0. The lowest BCUT2D eigenvalue weighted by atomic mass is 9.81. The lowest BCUT2D eigenvalue weighted by molar-refractivity contribution is 0.0962. The highest BCUT2D eigenvalue weighted by Crippen LogP contribution is 2.45. The number of hydrogen-bond donors (Lipinski definition) is 3. The van der Waals surface area contributed by atoms with Crippen LogP contribution in [0.2, 0.25) is 0 Å². The van der Waals surface area contributed by atoms with Crippen LogP contribution in [0.1, 0.15) is 72.5 Å². The Morgan fingerprint density at radius 3 is 2.59 bits per heavy atom. The van der Waals surface area contributed by atoms with Crippen molar-refractivity contribution in [1.29, 1.82) is 0 Å². The van der Waals surface area contributed by atoms with Crippen LogP contribution in [0.15, 0.2) is 48.0 Å². The highest BCUT2D eigenvalue weighted by molar-refractivity contribution is 6.03. The second kappa shape index (κ2) is 7.58. The van der Waals surface area contributed by atoms with Crippen LogP contribution in [0.25, 0.3) is 5.57 Å². The molecule has 1 unspecified atom stereocenters. The SMILES string of the molecule is Nc1ccc2c(c1)C(C1=C(CC3CCCCCC3)CNc3ccccc31)NC2=O. The lowest BCUT2D eigenvalue weighted by Gasteiger charge is -2.31. The minimum absolute atomic E-state index is 0.00216. The Labute approximate surface area is 172 Å². The Hall–Kier alpha value is -2.75. The molecule has 29 heavy (non-hydrogen) atoms. The van der Waals surface area contributed by atoms with Crippen molar-refractivity contribution >= 4 is 22.9 Å². The van der Waals surface area contributed by atoms with Crippen molar-refractivity contribution in [2.75, 3.05) is 17.6 Å². The summed E-state index contributed by atoms with van der Waals surface area (Å²) in [6, 6.07) is 14.0. The van der Waals surface area contributed by atoms with Crippen LogP contribution in [0.3, 0.4) is 0 Å². The number of carbonyl (C=O) groups is 1. The van der Waals surface area contributed by atoms with E-state index in [2.05, 4.69) is 34.9 Å². The lowest BCUT2D eigenvalue weighted by Crippen LogP contribution is -2.25. The molecule has 1 fully saturated rings. The van der Waals surface area contributed by atoms with Crippen LogP contribution in [0.5, 0.6) is 0 Å². The van der Waals surface area contributed by atoms with Gasteiger partial charge in [-0.15, -0.1) is 0 Å². The molecule has 4 nitrogen and oxygen atoms in total. The van der Waals surface area contributed by atoms with Gasteiger partial charge in [-0.05, 0) is 53.3 Å². The number of carbonyl (C=O) groups excluding carboxylic acids is 1. The smallest absolute Gasteiger partial charge is 0.252 e. The average molecular weight is 388 g/mol. The number of anilines is 2. The second-order valence-electron chi connectivity index (χ2n) is 8.73. The van der Waals surface area contributed by atoms with E-state index in [4.69, 9.17) is 5.73 Å². The van der Waals surface area contributed by atoms with Gasteiger partial charge >= 0.3 is 0 Å². The molecule has 2 heterocycles. The molecule has 0 saturated heterocycles. The third-order valence-corrected chi connectivity index (χ3v) is 6.80. The standard InChI is InChI=1S/C25H29N3O/c26-18-11-12-19-21(14-18)24(28-25(19)29)23-17(13-16-7-3-1-2-4-8-16)15-27-22-10-6-5-9-20(22)23/h5-6,9-12,14,16,24,27H,1-4,7-8,13,15,26H2,(H,28,29). The number of amides is 1. The Morgan fingerprint density at radius 2 is 1.76 bits per heavy atom. The number of fused-ring (bicyclic) bond motifs is 2. The van der Waals surface area contributed by atoms with Crippen LogP contribution in [0, 0.1) is 5.92 Å². The molecule has 2 aromatic carbocycles. The number of nitrogens with two attached hydrogens (primary N) is 1. The highest BCUT2D eigenvalue weighted by atomic mass is 16.2. The van der Waals surface area contributed by atoms with Crippen molar-refractivity contribution in [1.82, 2.24) is 5.32 Å².